The number of hydrogen-bond donors (Lipinski definition) is 1. The molecule has 0 spiro atoms. The van der Waals surface area contributed by atoms with Crippen LogP contribution in [0.2, 0.25) is 0 Å². The third kappa shape index (κ3) is 5.86. The number of benzene rings is 1. The van der Waals surface area contributed by atoms with Crippen LogP contribution in [0.4, 0.5) is 5.69 Å². The standard InChI is InChI=1S/C21H32N4O3S2/c1-7-24(8-2)30(27,28)19-11-9-10-18(12-19)23-20(26)14-29-21-22-16(5)17(6)25(21)13-15(3)4/h9-12,15H,7-8,13-14H2,1-6H3,(H,23,26). The summed E-state index contributed by atoms with van der Waals surface area (Å²) >= 11 is 1.39. The molecule has 0 saturated carbocycles. The van der Waals surface area contributed by atoms with E-state index in [1.807, 2.05) is 13.8 Å². The molecule has 1 amide bonds. The first kappa shape index (κ1) is 24.4. The molecule has 0 bridgehead atoms. The molecular formula is C21H32N4O3S2. The van der Waals surface area contributed by atoms with Crippen LogP contribution in [-0.2, 0) is 21.4 Å². The molecule has 0 saturated heterocycles. The zero-order valence-corrected chi connectivity index (χ0v) is 20.2. The van der Waals surface area contributed by atoms with Crippen LogP contribution in [0.5, 0.6) is 0 Å². The average molecular weight is 453 g/mol. The number of carbonyl (C=O) groups excluding carboxylic acids is 1. The molecule has 0 aliphatic rings. The van der Waals surface area contributed by atoms with Crippen LogP contribution in [-0.4, -0.2) is 47.0 Å². The molecule has 9 heteroatoms. The highest BCUT2D eigenvalue weighted by Crippen LogP contribution is 2.23. The number of rotatable bonds is 10. The number of nitrogens with one attached hydrogen (secondary N) is 1. The van der Waals surface area contributed by atoms with E-state index in [4.69, 9.17) is 0 Å². The van der Waals surface area contributed by atoms with Gasteiger partial charge in [-0.3, -0.25) is 4.79 Å². The van der Waals surface area contributed by atoms with Crippen molar-refractivity contribution in [3.8, 4) is 0 Å². The zero-order valence-electron chi connectivity index (χ0n) is 18.6. The molecule has 7 nitrogen and oxygen atoms in total. The highest BCUT2D eigenvalue weighted by molar-refractivity contribution is 7.99. The lowest BCUT2D eigenvalue weighted by molar-refractivity contribution is -0.113. The van der Waals surface area contributed by atoms with Gasteiger partial charge in [0.05, 0.1) is 16.3 Å². The Bertz CT molecular complexity index is 980. The van der Waals surface area contributed by atoms with Gasteiger partial charge in [0, 0.05) is 31.0 Å². The molecule has 1 aromatic heterocycles. The fourth-order valence-electron chi connectivity index (χ4n) is 3.09. The summed E-state index contributed by atoms with van der Waals surface area (Å²) in [6, 6.07) is 6.38. The smallest absolute Gasteiger partial charge is 0.243 e. The third-order valence-electron chi connectivity index (χ3n) is 4.76. The second kappa shape index (κ2) is 10.5. The Morgan fingerprint density at radius 2 is 1.90 bits per heavy atom. The van der Waals surface area contributed by atoms with Crippen LogP contribution in [0.1, 0.15) is 39.1 Å². The van der Waals surface area contributed by atoms with Crippen molar-refractivity contribution in [1.29, 1.82) is 0 Å². The summed E-state index contributed by atoms with van der Waals surface area (Å²) < 4.78 is 28.9. The number of imidazole rings is 1. The van der Waals surface area contributed by atoms with Crippen molar-refractivity contribution in [3.63, 3.8) is 0 Å². The van der Waals surface area contributed by atoms with Crippen LogP contribution < -0.4 is 5.32 Å². The second-order valence-corrected chi connectivity index (χ2v) is 10.4. The maximum Gasteiger partial charge on any atom is 0.243 e. The van der Waals surface area contributed by atoms with E-state index < -0.39 is 10.0 Å². The molecule has 166 valence electrons. The highest BCUT2D eigenvalue weighted by atomic mass is 32.2. The molecule has 0 unspecified atom stereocenters. The lowest BCUT2D eigenvalue weighted by Gasteiger charge is -2.18. The lowest BCUT2D eigenvalue weighted by atomic mass is 10.2. The van der Waals surface area contributed by atoms with Gasteiger partial charge < -0.3 is 9.88 Å². The van der Waals surface area contributed by atoms with Crippen LogP contribution in [0.3, 0.4) is 0 Å². The number of sulfonamides is 1. The minimum atomic E-state index is -3.57. The highest BCUT2D eigenvalue weighted by Gasteiger charge is 2.22. The summed E-state index contributed by atoms with van der Waals surface area (Å²) in [4.78, 5) is 17.3. The Morgan fingerprint density at radius 3 is 2.50 bits per heavy atom. The number of hydrogen-bond acceptors (Lipinski definition) is 5. The fourth-order valence-corrected chi connectivity index (χ4v) is 5.49. The molecule has 2 rings (SSSR count). The third-order valence-corrected chi connectivity index (χ3v) is 7.79. The molecule has 0 atom stereocenters. The van der Waals surface area contributed by atoms with Gasteiger partial charge >= 0.3 is 0 Å². The molecule has 0 aliphatic heterocycles. The lowest BCUT2D eigenvalue weighted by Crippen LogP contribution is -2.30. The molecule has 0 aliphatic carbocycles. The number of thioether (sulfide) groups is 1. The van der Waals surface area contributed by atoms with Crippen molar-refractivity contribution in [2.24, 2.45) is 5.92 Å². The maximum atomic E-state index is 12.7. The van der Waals surface area contributed by atoms with Crippen LogP contribution >= 0.6 is 11.8 Å². The minimum Gasteiger partial charge on any atom is -0.325 e. The molecule has 0 radical (unpaired) electrons. The maximum absolute atomic E-state index is 12.7. The Hall–Kier alpha value is -1.84. The van der Waals surface area contributed by atoms with Gasteiger partial charge in [-0.15, -0.1) is 0 Å². The van der Waals surface area contributed by atoms with Gasteiger partial charge in [0.2, 0.25) is 15.9 Å². The quantitative estimate of drug-likeness (QED) is 0.553. The van der Waals surface area contributed by atoms with Gasteiger partial charge in [0.25, 0.3) is 0 Å². The van der Waals surface area contributed by atoms with Crippen LogP contribution in [0.15, 0.2) is 34.3 Å². The summed E-state index contributed by atoms with van der Waals surface area (Å²) in [6.45, 7) is 13.6. The molecule has 2 aromatic rings. The summed E-state index contributed by atoms with van der Waals surface area (Å²) in [6.07, 6.45) is 0. The number of amides is 1. The second-order valence-electron chi connectivity index (χ2n) is 7.52. The predicted molar refractivity (Wildman–Crippen MR) is 122 cm³/mol. The first-order chi connectivity index (χ1) is 14.1. The van der Waals surface area contributed by atoms with E-state index in [0.717, 1.165) is 23.1 Å². The van der Waals surface area contributed by atoms with E-state index in [0.29, 0.717) is 24.7 Å². The van der Waals surface area contributed by atoms with E-state index in [2.05, 4.69) is 28.7 Å². The van der Waals surface area contributed by atoms with Crippen LogP contribution in [0, 0.1) is 19.8 Å². The number of nitrogens with zero attached hydrogens (tertiary/aromatic N) is 3. The first-order valence-electron chi connectivity index (χ1n) is 10.2. The Labute approximate surface area is 184 Å². The summed E-state index contributed by atoms with van der Waals surface area (Å²) in [5.74, 6) is 0.467. The molecular weight excluding hydrogens is 420 g/mol. The number of carbonyl (C=O) groups is 1. The fraction of sp³-hybridized carbons (Fsp3) is 0.524. The monoisotopic (exact) mass is 452 g/mol. The van der Waals surface area contributed by atoms with Gasteiger partial charge in [-0.2, -0.15) is 4.31 Å². The zero-order chi connectivity index (χ0) is 22.5. The van der Waals surface area contributed by atoms with Crippen molar-refractivity contribution < 1.29 is 13.2 Å². The van der Waals surface area contributed by atoms with Crippen molar-refractivity contribution in [2.75, 3.05) is 24.2 Å². The van der Waals surface area contributed by atoms with Crippen molar-refractivity contribution >= 4 is 33.4 Å². The van der Waals surface area contributed by atoms with E-state index in [1.54, 1.807) is 32.0 Å². The number of anilines is 1. The van der Waals surface area contributed by atoms with Crippen LogP contribution in [0.25, 0.3) is 0 Å². The molecule has 1 N–H and O–H groups in total. The van der Waals surface area contributed by atoms with E-state index >= 15 is 0 Å². The number of aryl methyl sites for hydroxylation is 1. The van der Waals surface area contributed by atoms with Gasteiger partial charge in [-0.25, -0.2) is 13.4 Å². The first-order valence-corrected chi connectivity index (χ1v) is 12.6. The molecule has 0 fully saturated rings. The predicted octanol–water partition coefficient (Wildman–Crippen LogP) is 3.92. The van der Waals surface area contributed by atoms with E-state index in [1.165, 1.54) is 22.1 Å². The summed E-state index contributed by atoms with van der Waals surface area (Å²) in [5, 5.41) is 3.63. The average Bonchev–Trinajstić information content (AvgIpc) is 2.94. The summed E-state index contributed by atoms with van der Waals surface area (Å²) in [5.41, 5.74) is 2.54. The molecule has 1 heterocycles. The van der Waals surface area contributed by atoms with Crippen molar-refractivity contribution in [1.82, 2.24) is 13.9 Å². The van der Waals surface area contributed by atoms with Gasteiger partial charge in [-0.1, -0.05) is 45.5 Å². The molecule has 30 heavy (non-hydrogen) atoms. The Morgan fingerprint density at radius 1 is 1.23 bits per heavy atom. The normalized spacial score (nSPS) is 12.0. The largest absolute Gasteiger partial charge is 0.325 e. The van der Waals surface area contributed by atoms with Gasteiger partial charge in [0.1, 0.15) is 0 Å². The van der Waals surface area contributed by atoms with Gasteiger partial charge in [0.15, 0.2) is 5.16 Å². The summed E-state index contributed by atoms with van der Waals surface area (Å²) in [7, 11) is -3.57. The topological polar surface area (TPSA) is 84.3 Å². The SMILES string of the molecule is CCN(CC)S(=O)(=O)c1cccc(NC(=O)CSc2nc(C)c(C)n2CC(C)C)c1. The van der Waals surface area contributed by atoms with Crippen molar-refractivity contribution in [2.45, 2.75) is 58.1 Å². The Balaban J connectivity index is 2.09. The van der Waals surface area contributed by atoms with E-state index in [9.17, 15) is 13.2 Å². The molecule has 1 aromatic carbocycles. The van der Waals surface area contributed by atoms with Crippen molar-refractivity contribution in [3.05, 3.63) is 35.7 Å². The Kier molecular flexibility index (Phi) is 8.52. The number of aromatic nitrogens is 2. The van der Waals surface area contributed by atoms with E-state index in [-0.39, 0.29) is 16.6 Å². The van der Waals surface area contributed by atoms with Gasteiger partial charge in [-0.05, 0) is 38.0 Å². The minimum absolute atomic E-state index is 0.176.